The highest BCUT2D eigenvalue weighted by Gasteiger charge is 2.25. The minimum Gasteiger partial charge on any atom is -0.314 e. The third-order valence-electron chi connectivity index (χ3n) is 3.04. The Morgan fingerprint density at radius 2 is 1.95 bits per heavy atom. The van der Waals surface area contributed by atoms with Gasteiger partial charge in [0, 0.05) is 43.4 Å². The molecule has 0 atom stereocenters. The highest BCUT2D eigenvalue weighted by atomic mass is 32.2. The third kappa shape index (κ3) is 3.46. The maximum Gasteiger partial charge on any atom is 0.302 e. The minimum atomic E-state index is -3.51. The lowest BCUT2D eigenvalue weighted by atomic mass is 9.92. The van der Waals surface area contributed by atoms with E-state index >= 15 is 0 Å². The van der Waals surface area contributed by atoms with Gasteiger partial charge in [0.15, 0.2) is 5.82 Å². The quantitative estimate of drug-likeness (QED) is 0.744. The summed E-state index contributed by atoms with van der Waals surface area (Å²) in [5.74, 6) is 0.337. The van der Waals surface area contributed by atoms with Gasteiger partial charge in [-0.3, -0.25) is 9.82 Å². The molecule has 1 saturated heterocycles. The molecule has 2 rings (SSSR count). The second-order valence-electron chi connectivity index (χ2n) is 5.67. The number of nitrogens with zero attached hydrogens (tertiary/aromatic N) is 2. The van der Waals surface area contributed by atoms with Crippen LogP contribution in [0.4, 0.5) is 5.82 Å². The van der Waals surface area contributed by atoms with Crippen LogP contribution >= 0.6 is 0 Å². The fraction of sp³-hybridized carbons (Fsp3) is 0.727. The van der Waals surface area contributed by atoms with E-state index in [0.717, 1.165) is 5.69 Å². The Balaban J connectivity index is 2.09. The van der Waals surface area contributed by atoms with Crippen molar-refractivity contribution < 1.29 is 8.42 Å². The number of hydrogen-bond acceptors (Lipinski definition) is 4. The summed E-state index contributed by atoms with van der Waals surface area (Å²) in [6, 6.07) is 1.74. The van der Waals surface area contributed by atoms with Gasteiger partial charge in [-0.2, -0.15) is 17.8 Å². The van der Waals surface area contributed by atoms with Crippen LogP contribution in [0.15, 0.2) is 6.07 Å². The first-order valence-corrected chi connectivity index (χ1v) is 7.77. The van der Waals surface area contributed by atoms with Crippen LogP contribution in [-0.2, 0) is 15.6 Å². The van der Waals surface area contributed by atoms with Crippen molar-refractivity contribution in [3.05, 3.63) is 11.8 Å². The molecular weight excluding hydrogens is 266 g/mol. The molecule has 2 heterocycles. The summed E-state index contributed by atoms with van der Waals surface area (Å²) < 4.78 is 28.2. The van der Waals surface area contributed by atoms with E-state index in [0.29, 0.717) is 32.0 Å². The Bertz CT molecular complexity index is 526. The molecule has 8 heteroatoms. The van der Waals surface area contributed by atoms with Crippen LogP contribution in [0.1, 0.15) is 26.5 Å². The third-order valence-corrected chi connectivity index (χ3v) is 4.55. The predicted octanol–water partition coefficient (Wildman–Crippen LogP) is 0.269. The second kappa shape index (κ2) is 5.10. The van der Waals surface area contributed by atoms with Crippen LogP contribution < -0.4 is 10.0 Å². The highest BCUT2D eigenvalue weighted by Crippen LogP contribution is 2.22. The summed E-state index contributed by atoms with van der Waals surface area (Å²) in [6.45, 7) is 8.42. The molecule has 1 aromatic rings. The smallest absolute Gasteiger partial charge is 0.302 e. The molecule has 3 N–H and O–H groups in total. The van der Waals surface area contributed by atoms with E-state index < -0.39 is 10.2 Å². The topological polar surface area (TPSA) is 90.1 Å². The van der Waals surface area contributed by atoms with E-state index in [-0.39, 0.29) is 5.41 Å². The zero-order chi connectivity index (χ0) is 14.1. The number of H-pyrrole nitrogens is 1. The lowest BCUT2D eigenvalue weighted by Crippen LogP contribution is -2.48. The van der Waals surface area contributed by atoms with Crippen molar-refractivity contribution in [2.75, 3.05) is 30.9 Å². The van der Waals surface area contributed by atoms with Crippen molar-refractivity contribution in [1.82, 2.24) is 19.8 Å². The molecule has 0 aliphatic carbocycles. The Morgan fingerprint density at radius 3 is 2.47 bits per heavy atom. The van der Waals surface area contributed by atoms with Gasteiger partial charge in [-0.05, 0) is 0 Å². The normalized spacial score (nSPS) is 18.5. The van der Waals surface area contributed by atoms with Gasteiger partial charge in [-0.1, -0.05) is 20.8 Å². The van der Waals surface area contributed by atoms with E-state index in [4.69, 9.17) is 0 Å². The summed E-state index contributed by atoms with van der Waals surface area (Å²) >= 11 is 0. The van der Waals surface area contributed by atoms with Crippen LogP contribution in [-0.4, -0.2) is 49.1 Å². The Morgan fingerprint density at radius 1 is 1.32 bits per heavy atom. The average Bonchev–Trinajstić information content (AvgIpc) is 2.78. The van der Waals surface area contributed by atoms with Crippen LogP contribution in [0.5, 0.6) is 0 Å². The molecular formula is C11H21N5O2S. The fourth-order valence-corrected chi connectivity index (χ4v) is 3.00. The number of hydrogen-bond donors (Lipinski definition) is 3. The summed E-state index contributed by atoms with van der Waals surface area (Å²) in [5, 5.41) is 9.99. The van der Waals surface area contributed by atoms with Gasteiger partial charge in [0.25, 0.3) is 0 Å². The van der Waals surface area contributed by atoms with Gasteiger partial charge in [-0.15, -0.1) is 0 Å². The monoisotopic (exact) mass is 287 g/mol. The van der Waals surface area contributed by atoms with E-state index in [9.17, 15) is 8.42 Å². The number of piperazine rings is 1. The molecule has 1 aliphatic rings. The van der Waals surface area contributed by atoms with Crippen molar-refractivity contribution in [3.8, 4) is 0 Å². The minimum absolute atomic E-state index is 0.0915. The van der Waals surface area contributed by atoms with Gasteiger partial charge in [0.1, 0.15) is 0 Å². The van der Waals surface area contributed by atoms with Gasteiger partial charge in [0.05, 0.1) is 0 Å². The van der Waals surface area contributed by atoms with E-state index in [1.807, 2.05) is 20.8 Å². The van der Waals surface area contributed by atoms with Crippen LogP contribution in [0.25, 0.3) is 0 Å². The van der Waals surface area contributed by atoms with Crippen LogP contribution in [0.2, 0.25) is 0 Å². The van der Waals surface area contributed by atoms with Gasteiger partial charge < -0.3 is 5.32 Å². The number of rotatable bonds is 3. The lowest BCUT2D eigenvalue weighted by molar-refractivity contribution is 0.362. The molecule has 0 aromatic carbocycles. The first-order chi connectivity index (χ1) is 8.79. The fourth-order valence-electron chi connectivity index (χ4n) is 1.84. The largest absolute Gasteiger partial charge is 0.314 e. The van der Waals surface area contributed by atoms with Gasteiger partial charge >= 0.3 is 10.2 Å². The number of anilines is 1. The maximum atomic E-state index is 12.1. The first-order valence-electron chi connectivity index (χ1n) is 6.33. The highest BCUT2D eigenvalue weighted by molar-refractivity contribution is 7.90. The molecule has 1 aromatic heterocycles. The van der Waals surface area contributed by atoms with Gasteiger partial charge in [0.2, 0.25) is 0 Å². The zero-order valence-corrected chi connectivity index (χ0v) is 12.3. The average molecular weight is 287 g/mol. The molecule has 0 amide bonds. The molecule has 0 radical (unpaired) electrons. The lowest BCUT2D eigenvalue weighted by Gasteiger charge is -2.26. The van der Waals surface area contributed by atoms with Crippen molar-refractivity contribution >= 4 is 16.0 Å². The number of aromatic nitrogens is 2. The first kappa shape index (κ1) is 14.3. The number of nitrogens with one attached hydrogen (secondary N) is 3. The second-order valence-corrected chi connectivity index (χ2v) is 7.34. The van der Waals surface area contributed by atoms with Crippen molar-refractivity contribution in [2.45, 2.75) is 26.2 Å². The SMILES string of the molecule is CC(C)(C)c1cc(NS(=O)(=O)N2CCNCC2)n[nH]1. The molecule has 7 nitrogen and oxygen atoms in total. The summed E-state index contributed by atoms with van der Waals surface area (Å²) in [4.78, 5) is 0. The molecule has 0 spiro atoms. The van der Waals surface area contributed by atoms with Crippen molar-refractivity contribution in [3.63, 3.8) is 0 Å². The summed E-state index contributed by atoms with van der Waals surface area (Å²) in [5.41, 5.74) is 0.802. The van der Waals surface area contributed by atoms with E-state index in [2.05, 4.69) is 20.2 Å². The van der Waals surface area contributed by atoms with E-state index in [1.165, 1.54) is 4.31 Å². The molecule has 1 fully saturated rings. The molecule has 108 valence electrons. The predicted molar refractivity (Wildman–Crippen MR) is 74.3 cm³/mol. The Hall–Kier alpha value is -1.12. The van der Waals surface area contributed by atoms with Crippen molar-refractivity contribution in [1.29, 1.82) is 0 Å². The van der Waals surface area contributed by atoms with Crippen molar-refractivity contribution in [2.24, 2.45) is 0 Å². The maximum absolute atomic E-state index is 12.1. The Kier molecular flexibility index (Phi) is 3.84. The molecule has 0 unspecified atom stereocenters. The van der Waals surface area contributed by atoms with Crippen LogP contribution in [0, 0.1) is 0 Å². The summed E-state index contributed by atoms with van der Waals surface area (Å²) in [6.07, 6.45) is 0. The van der Waals surface area contributed by atoms with E-state index in [1.54, 1.807) is 6.07 Å². The summed E-state index contributed by atoms with van der Waals surface area (Å²) in [7, 11) is -3.51. The molecule has 0 saturated carbocycles. The standard InChI is InChI=1S/C11H21N5O2S/c1-11(2,3)9-8-10(14-13-9)15-19(17,18)16-6-4-12-5-7-16/h8,12H,4-7H2,1-3H3,(H2,13,14,15). The molecule has 1 aliphatic heterocycles. The Labute approximate surface area is 113 Å². The molecule has 0 bridgehead atoms. The molecule has 19 heavy (non-hydrogen) atoms. The zero-order valence-electron chi connectivity index (χ0n) is 11.5. The number of aromatic amines is 1. The van der Waals surface area contributed by atoms with Gasteiger partial charge in [-0.25, -0.2) is 0 Å². The van der Waals surface area contributed by atoms with Crippen LogP contribution in [0.3, 0.4) is 0 Å².